The molecule has 0 unspecified atom stereocenters. The molecule has 27 heavy (non-hydrogen) atoms. The summed E-state index contributed by atoms with van der Waals surface area (Å²) >= 11 is 0. The van der Waals surface area contributed by atoms with Gasteiger partial charge >= 0.3 is 0 Å². The zero-order chi connectivity index (χ0) is 18.8. The first-order valence-electron chi connectivity index (χ1n) is 9.11. The Hall–Kier alpha value is -3.27. The van der Waals surface area contributed by atoms with Gasteiger partial charge in [0, 0.05) is 36.1 Å². The van der Waals surface area contributed by atoms with Gasteiger partial charge in [0.25, 0.3) is 0 Å². The van der Waals surface area contributed by atoms with Crippen molar-refractivity contribution in [3.8, 4) is 22.4 Å². The topological polar surface area (TPSA) is 43.1 Å². The average Bonchev–Trinajstić information content (AvgIpc) is 3.06. The minimum Gasteiger partial charge on any atom is -0.270 e. The van der Waals surface area contributed by atoms with Gasteiger partial charge in [-0.3, -0.25) is 9.98 Å². The van der Waals surface area contributed by atoms with E-state index in [1.165, 1.54) is 16.7 Å². The molecule has 0 N–H and O–H groups in total. The second kappa shape index (κ2) is 7.16. The maximum atomic E-state index is 4.81. The molecule has 0 radical (unpaired) electrons. The third-order valence-electron chi connectivity index (χ3n) is 5.02. The first kappa shape index (κ1) is 17.2. The summed E-state index contributed by atoms with van der Waals surface area (Å²) in [5.74, 6) is 0.805. The zero-order valence-corrected chi connectivity index (χ0v) is 15.7. The molecule has 0 aliphatic heterocycles. The minimum atomic E-state index is 0.805. The van der Waals surface area contributed by atoms with E-state index in [-0.39, 0.29) is 0 Å². The lowest BCUT2D eigenvalue weighted by Gasteiger charge is -2.20. The van der Waals surface area contributed by atoms with Crippen molar-refractivity contribution in [1.29, 1.82) is 0 Å². The van der Waals surface area contributed by atoms with E-state index in [1.54, 1.807) is 19.3 Å². The summed E-state index contributed by atoms with van der Waals surface area (Å²) in [6.07, 6.45) is 11.3. The highest BCUT2D eigenvalue weighted by Gasteiger charge is 2.25. The Kier molecular flexibility index (Phi) is 4.55. The Morgan fingerprint density at radius 3 is 2.85 bits per heavy atom. The van der Waals surface area contributed by atoms with Gasteiger partial charge in [0.05, 0.1) is 11.4 Å². The number of fused-ring (bicyclic) bond motifs is 3. The molecule has 4 nitrogen and oxygen atoms in total. The van der Waals surface area contributed by atoms with Crippen molar-refractivity contribution in [2.75, 3.05) is 7.05 Å². The first-order valence-corrected chi connectivity index (χ1v) is 9.11. The van der Waals surface area contributed by atoms with Crippen LogP contribution >= 0.6 is 0 Å². The van der Waals surface area contributed by atoms with Crippen LogP contribution < -0.4 is 0 Å². The van der Waals surface area contributed by atoms with Crippen molar-refractivity contribution in [1.82, 2.24) is 14.8 Å². The molecule has 0 amide bonds. The van der Waals surface area contributed by atoms with Gasteiger partial charge < -0.3 is 0 Å². The summed E-state index contributed by atoms with van der Waals surface area (Å²) < 4.78 is 1.97. The molecule has 2 aromatic heterocycles. The molecule has 1 aliphatic rings. The number of allylic oxidation sites excluding steroid dienone is 3. The molecule has 1 aliphatic carbocycles. The smallest absolute Gasteiger partial charge is 0.149 e. The number of hydrogen-bond donors (Lipinski definition) is 0. The van der Waals surface area contributed by atoms with E-state index in [2.05, 4.69) is 47.7 Å². The summed E-state index contributed by atoms with van der Waals surface area (Å²) in [4.78, 5) is 8.70. The second-order valence-electron chi connectivity index (χ2n) is 6.61. The lowest BCUT2D eigenvalue weighted by molar-refractivity contribution is 0.912. The van der Waals surface area contributed by atoms with Crippen molar-refractivity contribution in [3.63, 3.8) is 0 Å². The number of hydrogen-bond acceptors (Lipinski definition) is 3. The van der Waals surface area contributed by atoms with Gasteiger partial charge in [0.1, 0.15) is 5.84 Å². The van der Waals surface area contributed by atoms with Crippen LogP contribution in [0.5, 0.6) is 0 Å². The number of aromatic nitrogens is 3. The molecule has 0 saturated heterocycles. The number of aliphatic imine (C=N–C) groups is 1. The van der Waals surface area contributed by atoms with Crippen LogP contribution in [0.15, 0.2) is 72.5 Å². The van der Waals surface area contributed by atoms with E-state index in [9.17, 15) is 0 Å². The molecular formula is C23H22N4. The van der Waals surface area contributed by atoms with E-state index in [4.69, 9.17) is 5.10 Å². The third-order valence-corrected chi connectivity index (χ3v) is 5.02. The van der Waals surface area contributed by atoms with Crippen LogP contribution in [-0.4, -0.2) is 27.6 Å². The average molecular weight is 354 g/mol. The SMILES string of the molecule is C=C/C=C\C(=NC)n1nc(C)c2c1-c1cc(-c3cccnc3)ccc1CC2. The van der Waals surface area contributed by atoms with Crippen molar-refractivity contribution in [3.05, 3.63) is 84.4 Å². The highest BCUT2D eigenvalue weighted by Crippen LogP contribution is 2.37. The van der Waals surface area contributed by atoms with Crippen LogP contribution in [0.3, 0.4) is 0 Å². The monoisotopic (exact) mass is 354 g/mol. The van der Waals surface area contributed by atoms with Crippen LogP contribution in [0.25, 0.3) is 22.4 Å². The normalized spacial score (nSPS) is 13.5. The summed E-state index contributed by atoms with van der Waals surface area (Å²) in [5.41, 5.74) is 8.37. The maximum Gasteiger partial charge on any atom is 0.149 e. The van der Waals surface area contributed by atoms with Crippen molar-refractivity contribution in [2.45, 2.75) is 19.8 Å². The Balaban J connectivity index is 1.91. The molecule has 0 atom stereocenters. The van der Waals surface area contributed by atoms with E-state index in [0.717, 1.165) is 41.2 Å². The fourth-order valence-corrected chi connectivity index (χ4v) is 3.68. The fraction of sp³-hybridized carbons (Fsp3) is 0.174. The highest BCUT2D eigenvalue weighted by atomic mass is 15.3. The number of benzene rings is 1. The Labute approximate surface area is 159 Å². The van der Waals surface area contributed by atoms with Gasteiger partial charge in [-0.15, -0.1) is 0 Å². The molecule has 0 bridgehead atoms. The van der Waals surface area contributed by atoms with Crippen molar-refractivity contribution in [2.24, 2.45) is 4.99 Å². The molecule has 1 aromatic carbocycles. The Morgan fingerprint density at radius 2 is 2.11 bits per heavy atom. The van der Waals surface area contributed by atoms with Crippen LogP contribution in [0, 0.1) is 6.92 Å². The van der Waals surface area contributed by atoms with Crippen LogP contribution in [-0.2, 0) is 12.8 Å². The number of nitrogens with zero attached hydrogens (tertiary/aromatic N) is 4. The van der Waals surface area contributed by atoms with Gasteiger partial charge in [0.15, 0.2) is 0 Å². The number of rotatable bonds is 3. The van der Waals surface area contributed by atoms with E-state index >= 15 is 0 Å². The first-order chi connectivity index (χ1) is 13.2. The largest absolute Gasteiger partial charge is 0.270 e. The van der Waals surface area contributed by atoms with E-state index in [1.807, 2.05) is 29.1 Å². The second-order valence-corrected chi connectivity index (χ2v) is 6.61. The quantitative estimate of drug-likeness (QED) is 0.391. The molecule has 4 rings (SSSR count). The van der Waals surface area contributed by atoms with Gasteiger partial charge in [-0.1, -0.05) is 36.9 Å². The van der Waals surface area contributed by atoms with Crippen LogP contribution in [0.2, 0.25) is 0 Å². The molecule has 4 heteroatoms. The Morgan fingerprint density at radius 1 is 1.22 bits per heavy atom. The van der Waals surface area contributed by atoms with Crippen molar-refractivity contribution < 1.29 is 0 Å². The molecule has 3 aromatic rings. The number of pyridine rings is 1. The van der Waals surface area contributed by atoms with Crippen LogP contribution in [0.4, 0.5) is 0 Å². The molecule has 0 spiro atoms. The predicted molar refractivity (Wildman–Crippen MR) is 111 cm³/mol. The molecule has 134 valence electrons. The Bertz CT molecular complexity index is 1060. The van der Waals surface area contributed by atoms with Crippen molar-refractivity contribution >= 4 is 5.84 Å². The zero-order valence-electron chi connectivity index (χ0n) is 15.7. The summed E-state index contributed by atoms with van der Waals surface area (Å²) in [6, 6.07) is 10.7. The summed E-state index contributed by atoms with van der Waals surface area (Å²) in [6.45, 7) is 5.84. The molecule has 2 heterocycles. The lowest BCUT2D eigenvalue weighted by Crippen LogP contribution is -2.15. The summed E-state index contributed by atoms with van der Waals surface area (Å²) in [5, 5.41) is 4.81. The van der Waals surface area contributed by atoms with Gasteiger partial charge in [-0.2, -0.15) is 5.10 Å². The lowest BCUT2D eigenvalue weighted by atomic mass is 9.87. The maximum absolute atomic E-state index is 4.81. The minimum absolute atomic E-state index is 0.805. The van der Waals surface area contributed by atoms with E-state index in [0.29, 0.717) is 0 Å². The molecule has 0 saturated carbocycles. The number of aryl methyl sites for hydroxylation is 2. The van der Waals surface area contributed by atoms with Gasteiger partial charge in [-0.05, 0) is 49.1 Å². The van der Waals surface area contributed by atoms with Gasteiger partial charge in [0.2, 0.25) is 0 Å². The van der Waals surface area contributed by atoms with Gasteiger partial charge in [-0.25, -0.2) is 4.68 Å². The highest BCUT2D eigenvalue weighted by molar-refractivity contribution is 5.98. The predicted octanol–water partition coefficient (Wildman–Crippen LogP) is 4.64. The fourth-order valence-electron chi connectivity index (χ4n) is 3.68. The summed E-state index contributed by atoms with van der Waals surface area (Å²) in [7, 11) is 1.79. The standard InChI is InChI=1S/C23H22N4/c1-4-5-8-22(24-3)27-23-20(16(2)26-27)12-11-17-9-10-18(14-21(17)23)19-7-6-13-25-15-19/h4-10,13-15H,1,11-12H2,2-3H3/b8-5-,24-22?. The van der Waals surface area contributed by atoms with E-state index < -0.39 is 0 Å². The molecule has 0 fully saturated rings. The third kappa shape index (κ3) is 3.04. The molecular weight excluding hydrogens is 332 g/mol. The van der Waals surface area contributed by atoms with Crippen LogP contribution in [0.1, 0.15) is 16.8 Å².